The van der Waals surface area contributed by atoms with Crippen molar-refractivity contribution in [2.45, 2.75) is 11.8 Å². The van der Waals surface area contributed by atoms with E-state index in [1.807, 2.05) is 0 Å². The first-order valence-corrected chi connectivity index (χ1v) is 11.3. The number of hydrogen-bond donors (Lipinski definition) is 1. The second-order valence-corrected chi connectivity index (χ2v) is 8.99. The molecule has 1 aromatic heterocycles. The zero-order valence-corrected chi connectivity index (χ0v) is 18.5. The van der Waals surface area contributed by atoms with Gasteiger partial charge in [0.1, 0.15) is 11.5 Å². The van der Waals surface area contributed by atoms with E-state index in [0.29, 0.717) is 28.5 Å². The molecule has 0 fully saturated rings. The van der Waals surface area contributed by atoms with E-state index in [1.54, 1.807) is 19.1 Å². The van der Waals surface area contributed by atoms with Crippen molar-refractivity contribution in [3.63, 3.8) is 0 Å². The Labute approximate surface area is 192 Å². The number of furan rings is 1. The maximum Gasteiger partial charge on any atom is 0.280 e. The van der Waals surface area contributed by atoms with Crippen molar-refractivity contribution in [3.05, 3.63) is 81.1 Å². The molecule has 0 radical (unpaired) electrons. The first kappa shape index (κ1) is 22.4. The van der Waals surface area contributed by atoms with Crippen LogP contribution in [0.2, 0.25) is 5.02 Å². The van der Waals surface area contributed by atoms with Gasteiger partial charge in [-0.05, 0) is 55.5 Å². The normalized spacial score (nSPS) is 15.2. The number of carbonyl (C=O) groups excluding carboxylic acids is 1. The monoisotopic (exact) mass is 486 g/mol. The fraction of sp³-hybridized carbons (Fsp3) is 0.0476. The molecule has 10 nitrogen and oxygen atoms in total. The quantitative estimate of drug-likeness (QED) is 0.327. The van der Waals surface area contributed by atoms with E-state index in [0.717, 1.165) is 5.01 Å². The third-order valence-electron chi connectivity index (χ3n) is 4.81. The van der Waals surface area contributed by atoms with Crippen molar-refractivity contribution in [2.75, 3.05) is 5.01 Å². The molecule has 12 heteroatoms. The number of nitrogens with two attached hydrogens (primary N) is 1. The number of benzene rings is 2. The van der Waals surface area contributed by atoms with Crippen LogP contribution in [0.25, 0.3) is 17.4 Å². The van der Waals surface area contributed by atoms with Crippen molar-refractivity contribution in [3.8, 4) is 11.3 Å². The lowest BCUT2D eigenvalue weighted by Crippen LogP contribution is -2.21. The summed E-state index contributed by atoms with van der Waals surface area (Å²) in [6.45, 7) is 1.64. The molecular formula is C21H15ClN4O6S. The second-order valence-electron chi connectivity index (χ2n) is 7.02. The molecule has 0 unspecified atom stereocenters. The summed E-state index contributed by atoms with van der Waals surface area (Å²) in [4.78, 5) is 23.3. The molecule has 0 saturated carbocycles. The summed E-state index contributed by atoms with van der Waals surface area (Å²) in [7, 11) is -3.86. The Bertz CT molecular complexity index is 1460. The van der Waals surface area contributed by atoms with Crippen LogP contribution in [0.15, 0.2) is 74.6 Å². The molecule has 1 amide bonds. The summed E-state index contributed by atoms with van der Waals surface area (Å²) >= 11 is 6.16. The Morgan fingerprint density at radius 3 is 2.48 bits per heavy atom. The van der Waals surface area contributed by atoms with E-state index < -0.39 is 20.9 Å². The maximum absolute atomic E-state index is 12.9. The minimum absolute atomic E-state index is 0.0858. The molecule has 2 N–H and O–H groups in total. The molecule has 2 aromatic carbocycles. The molecule has 3 aromatic rings. The number of non-ortho nitro benzene ring substituents is 1. The zero-order valence-electron chi connectivity index (χ0n) is 16.9. The maximum atomic E-state index is 12.9. The average Bonchev–Trinajstić information content (AvgIpc) is 3.33. The smallest absolute Gasteiger partial charge is 0.280 e. The van der Waals surface area contributed by atoms with Crippen LogP contribution < -0.4 is 10.1 Å². The number of amides is 1. The standard InChI is InChI=1S/C21H15ClN4O6S/c1-12-17(21(27)25(24-12)13-2-6-16(7-3-13)33(23,30)31)11-15-5-9-20(32-15)18-10-14(26(28)29)4-8-19(18)22/h2-11H,1H3,(H2,23,30,31)/b17-11-. The van der Waals surface area contributed by atoms with Gasteiger partial charge in [0.2, 0.25) is 10.0 Å². The first-order valence-electron chi connectivity index (χ1n) is 9.33. The van der Waals surface area contributed by atoms with Gasteiger partial charge in [0.05, 0.1) is 31.8 Å². The third-order valence-corrected chi connectivity index (χ3v) is 6.07. The molecule has 0 aliphatic carbocycles. The number of sulfonamides is 1. The molecule has 0 bridgehead atoms. The summed E-state index contributed by atoms with van der Waals surface area (Å²) < 4.78 is 28.6. The largest absolute Gasteiger partial charge is 0.457 e. The van der Waals surface area contributed by atoms with E-state index in [4.69, 9.17) is 21.2 Å². The number of nitro groups is 1. The minimum atomic E-state index is -3.86. The summed E-state index contributed by atoms with van der Waals surface area (Å²) in [5.74, 6) is 0.171. The minimum Gasteiger partial charge on any atom is -0.457 e. The predicted octanol–water partition coefficient (Wildman–Crippen LogP) is 3.96. The van der Waals surface area contributed by atoms with Gasteiger partial charge >= 0.3 is 0 Å². The van der Waals surface area contributed by atoms with Crippen molar-refractivity contribution >= 4 is 50.7 Å². The van der Waals surface area contributed by atoms with Gasteiger partial charge in [-0.15, -0.1) is 0 Å². The fourth-order valence-corrected chi connectivity index (χ4v) is 3.90. The molecule has 2 heterocycles. The van der Waals surface area contributed by atoms with Gasteiger partial charge in [0, 0.05) is 17.7 Å². The molecule has 168 valence electrons. The molecule has 0 spiro atoms. The van der Waals surface area contributed by atoms with E-state index in [9.17, 15) is 23.3 Å². The van der Waals surface area contributed by atoms with Crippen LogP contribution in [-0.2, 0) is 14.8 Å². The highest BCUT2D eigenvalue weighted by Crippen LogP contribution is 2.33. The average molecular weight is 487 g/mol. The van der Waals surface area contributed by atoms with Crippen LogP contribution in [0.1, 0.15) is 12.7 Å². The van der Waals surface area contributed by atoms with Crippen LogP contribution in [0, 0.1) is 10.1 Å². The summed E-state index contributed by atoms with van der Waals surface area (Å²) in [6, 6.07) is 12.6. The number of hydrazone groups is 1. The molecule has 0 atom stereocenters. The molecular weight excluding hydrogens is 472 g/mol. The predicted molar refractivity (Wildman–Crippen MR) is 122 cm³/mol. The van der Waals surface area contributed by atoms with Gasteiger partial charge in [-0.25, -0.2) is 13.6 Å². The van der Waals surface area contributed by atoms with E-state index in [1.165, 1.54) is 48.5 Å². The number of halogens is 1. The lowest BCUT2D eigenvalue weighted by molar-refractivity contribution is -0.384. The second kappa shape index (κ2) is 8.28. The lowest BCUT2D eigenvalue weighted by Gasteiger charge is -2.11. The van der Waals surface area contributed by atoms with Gasteiger partial charge in [0.15, 0.2) is 0 Å². The van der Waals surface area contributed by atoms with Crippen LogP contribution in [-0.4, -0.2) is 25.0 Å². The molecule has 4 rings (SSSR count). The van der Waals surface area contributed by atoms with Crippen molar-refractivity contribution in [1.29, 1.82) is 0 Å². The van der Waals surface area contributed by atoms with Gasteiger partial charge < -0.3 is 4.42 Å². The number of nitrogens with zero attached hydrogens (tertiary/aromatic N) is 3. The molecule has 1 aliphatic heterocycles. The fourth-order valence-electron chi connectivity index (χ4n) is 3.17. The highest BCUT2D eigenvalue weighted by atomic mass is 35.5. The topological polar surface area (TPSA) is 149 Å². The van der Waals surface area contributed by atoms with Crippen LogP contribution in [0.3, 0.4) is 0 Å². The Kier molecular flexibility index (Phi) is 5.62. The van der Waals surface area contributed by atoms with Crippen LogP contribution in [0.4, 0.5) is 11.4 Å². The molecule has 0 saturated heterocycles. The highest BCUT2D eigenvalue weighted by molar-refractivity contribution is 7.89. The zero-order chi connectivity index (χ0) is 23.9. The summed E-state index contributed by atoms with van der Waals surface area (Å²) in [5, 5.41) is 21.8. The number of anilines is 1. The molecule has 33 heavy (non-hydrogen) atoms. The third kappa shape index (κ3) is 4.42. The van der Waals surface area contributed by atoms with E-state index >= 15 is 0 Å². The summed E-state index contributed by atoms with van der Waals surface area (Å²) in [6.07, 6.45) is 1.49. The number of primary sulfonamides is 1. The SMILES string of the molecule is CC1=NN(c2ccc(S(N)(=O)=O)cc2)C(=O)/C1=C\c1ccc(-c2cc([N+](=O)[O-])ccc2Cl)o1. The van der Waals surface area contributed by atoms with Crippen molar-refractivity contribution < 1.29 is 22.6 Å². The number of carbonyl (C=O) groups is 1. The molecule has 1 aliphatic rings. The van der Waals surface area contributed by atoms with Gasteiger partial charge in [0.25, 0.3) is 11.6 Å². The highest BCUT2D eigenvalue weighted by Gasteiger charge is 2.29. The first-order chi connectivity index (χ1) is 15.5. The van der Waals surface area contributed by atoms with Crippen molar-refractivity contribution in [2.24, 2.45) is 10.2 Å². The number of hydrogen-bond acceptors (Lipinski definition) is 7. The Morgan fingerprint density at radius 1 is 1.15 bits per heavy atom. The number of nitro benzene ring substituents is 1. The van der Waals surface area contributed by atoms with Gasteiger partial charge in [-0.1, -0.05) is 11.6 Å². The summed E-state index contributed by atoms with van der Waals surface area (Å²) in [5.41, 5.74) is 1.25. The van der Waals surface area contributed by atoms with E-state index in [-0.39, 0.29) is 21.2 Å². The van der Waals surface area contributed by atoms with Crippen molar-refractivity contribution in [1.82, 2.24) is 0 Å². The van der Waals surface area contributed by atoms with Crippen LogP contribution >= 0.6 is 11.6 Å². The lowest BCUT2D eigenvalue weighted by atomic mass is 10.1. The van der Waals surface area contributed by atoms with Gasteiger partial charge in [-0.3, -0.25) is 14.9 Å². The Hall–Kier alpha value is -3.80. The van der Waals surface area contributed by atoms with Crippen LogP contribution in [0.5, 0.6) is 0 Å². The Morgan fingerprint density at radius 2 is 1.85 bits per heavy atom. The van der Waals surface area contributed by atoms with Gasteiger partial charge in [-0.2, -0.15) is 10.1 Å². The van der Waals surface area contributed by atoms with E-state index in [2.05, 4.69) is 5.10 Å². The Balaban J connectivity index is 1.62. The number of rotatable bonds is 5.